The first kappa shape index (κ1) is 21.9. The fraction of sp³-hybridized carbons (Fsp3) is 0.400. The van der Waals surface area contributed by atoms with Crippen molar-refractivity contribution in [2.45, 2.75) is 34.3 Å². The number of carbonyl (C=O) groups excluding carboxylic acids is 3. The fourth-order valence-corrected chi connectivity index (χ4v) is 2.29. The summed E-state index contributed by atoms with van der Waals surface area (Å²) in [5.41, 5.74) is 1.80. The van der Waals surface area contributed by atoms with E-state index >= 15 is 0 Å². The molecule has 0 spiro atoms. The van der Waals surface area contributed by atoms with E-state index in [2.05, 4.69) is 15.8 Å². The zero-order valence-corrected chi connectivity index (χ0v) is 16.9. The molecular weight excluding hydrogens is 378 g/mol. The van der Waals surface area contributed by atoms with E-state index in [0.717, 1.165) is 11.3 Å². The molecule has 0 saturated heterocycles. The van der Waals surface area contributed by atoms with Gasteiger partial charge < -0.3 is 19.3 Å². The number of aromatic nitrogens is 1. The summed E-state index contributed by atoms with van der Waals surface area (Å²) < 4.78 is 15.7. The molecule has 2 N–H and O–H groups in total. The van der Waals surface area contributed by atoms with Crippen molar-refractivity contribution in [2.75, 3.05) is 13.2 Å². The quantitative estimate of drug-likeness (QED) is 0.650. The van der Waals surface area contributed by atoms with Crippen LogP contribution in [0.1, 0.15) is 41.2 Å². The Morgan fingerprint density at radius 2 is 1.97 bits per heavy atom. The van der Waals surface area contributed by atoms with Crippen molar-refractivity contribution in [3.8, 4) is 5.75 Å². The minimum Gasteiger partial charge on any atom is -0.489 e. The van der Waals surface area contributed by atoms with E-state index in [1.54, 1.807) is 25.1 Å². The number of carbonyl (C=O) groups is 3. The first-order valence-corrected chi connectivity index (χ1v) is 9.15. The Kier molecular flexibility index (Phi) is 7.76. The fourth-order valence-electron chi connectivity index (χ4n) is 2.29. The molecule has 2 aromatic rings. The van der Waals surface area contributed by atoms with Crippen molar-refractivity contribution in [3.05, 3.63) is 46.8 Å². The first-order chi connectivity index (χ1) is 13.8. The van der Waals surface area contributed by atoms with Gasteiger partial charge in [0.2, 0.25) is 0 Å². The van der Waals surface area contributed by atoms with E-state index in [9.17, 15) is 14.4 Å². The zero-order chi connectivity index (χ0) is 21.4. The number of nitrogens with one attached hydrogen (secondary N) is 2. The molecule has 0 radical (unpaired) electrons. The van der Waals surface area contributed by atoms with E-state index in [4.69, 9.17) is 14.0 Å². The minimum atomic E-state index is -0.717. The summed E-state index contributed by atoms with van der Waals surface area (Å²) in [6.07, 6.45) is 0. The number of esters is 1. The van der Waals surface area contributed by atoms with Crippen LogP contribution in [0.2, 0.25) is 0 Å². The van der Waals surface area contributed by atoms with Crippen molar-refractivity contribution in [1.82, 2.24) is 15.8 Å². The largest absolute Gasteiger partial charge is 0.489 e. The molecule has 1 aromatic carbocycles. The number of hydrogen-bond acceptors (Lipinski definition) is 7. The third-order valence-electron chi connectivity index (χ3n) is 3.89. The Hall–Kier alpha value is -3.36. The van der Waals surface area contributed by atoms with Crippen molar-refractivity contribution >= 4 is 17.9 Å². The van der Waals surface area contributed by atoms with Crippen LogP contribution in [0.25, 0.3) is 0 Å². The summed E-state index contributed by atoms with van der Waals surface area (Å²) in [6, 6.07) is 5.75. The summed E-state index contributed by atoms with van der Waals surface area (Å²) >= 11 is 0. The second-order valence-corrected chi connectivity index (χ2v) is 6.85. The van der Waals surface area contributed by atoms with Crippen molar-refractivity contribution in [2.24, 2.45) is 5.92 Å². The molecule has 0 fully saturated rings. The summed E-state index contributed by atoms with van der Waals surface area (Å²) in [5.74, 6) is -0.0461. The molecule has 3 amide bonds. The Balaban J connectivity index is 1.84. The van der Waals surface area contributed by atoms with Gasteiger partial charge >= 0.3 is 12.0 Å². The number of aryl methyl sites for hydroxylation is 2. The number of imide groups is 1. The normalized spacial score (nSPS) is 10.5. The Morgan fingerprint density at radius 3 is 2.62 bits per heavy atom. The smallest absolute Gasteiger partial charge is 0.338 e. The lowest BCUT2D eigenvalue weighted by Crippen LogP contribution is -2.42. The molecule has 1 aromatic heterocycles. The standard InChI is InChI=1S/C20H25N3O6/c1-12(2)9-21-20(26)22-18(24)11-28-19(25)15-6-5-7-16(8-15)27-10-17-13(3)23-29-14(17)4/h5-8,12H,9-11H2,1-4H3,(H2,21,22,24,26). The van der Waals surface area contributed by atoms with E-state index in [-0.39, 0.29) is 18.1 Å². The highest BCUT2D eigenvalue weighted by atomic mass is 16.5. The van der Waals surface area contributed by atoms with Gasteiger partial charge in [0.1, 0.15) is 18.1 Å². The van der Waals surface area contributed by atoms with Gasteiger partial charge in [-0.05, 0) is 38.0 Å². The lowest BCUT2D eigenvalue weighted by atomic mass is 10.2. The van der Waals surface area contributed by atoms with Crippen LogP contribution in [0.15, 0.2) is 28.8 Å². The van der Waals surface area contributed by atoms with E-state index in [1.165, 1.54) is 6.07 Å². The number of hydrogen-bond donors (Lipinski definition) is 2. The van der Waals surface area contributed by atoms with Gasteiger partial charge in [-0.15, -0.1) is 0 Å². The van der Waals surface area contributed by atoms with Crippen LogP contribution in [-0.4, -0.2) is 36.2 Å². The monoisotopic (exact) mass is 403 g/mol. The molecule has 0 aliphatic carbocycles. The van der Waals surface area contributed by atoms with Crippen LogP contribution in [0.5, 0.6) is 5.75 Å². The number of benzene rings is 1. The number of nitrogens with zero attached hydrogens (tertiary/aromatic N) is 1. The average Bonchev–Trinajstić information content (AvgIpc) is 3.00. The molecular formula is C20H25N3O6. The van der Waals surface area contributed by atoms with Gasteiger partial charge in [-0.25, -0.2) is 9.59 Å². The van der Waals surface area contributed by atoms with Crippen LogP contribution >= 0.6 is 0 Å². The SMILES string of the molecule is Cc1noc(C)c1COc1cccc(C(=O)OCC(=O)NC(=O)NCC(C)C)c1. The predicted molar refractivity (Wildman–Crippen MR) is 103 cm³/mol. The van der Waals surface area contributed by atoms with Gasteiger partial charge in [0.05, 0.1) is 16.8 Å². The van der Waals surface area contributed by atoms with Crippen molar-refractivity contribution < 1.29 is 28.4 Å². The molecule has 0 unspecified atom stereocenters. The zero-order valence-electron chi connectivity index (χ0n) is 16.9. The van der Waals surface area contributed by atoms with Gasteiger partial charge in [0.15, 0.2) is 6.61 Å². The second kappa shape index (κ2) is 10.3. The molecule has 9 nitrogen and oxygen atoms in total. The Bertz CT molecular complexity index is 855. The summed E-state index contributed by atoms with van der Waals surface area (Å²) in [4.78, 5) is 35.4. The molecule has 156 valence electrons. The molecule has 0 saturated carbocycles. The maximum atomic E-state index is 12.2. The van der Waals surface area contributed by atoms with Gasteiger partial charge in [-0.3, -0.25) is 10.1 Å². The molecule has 0 atom stereocenters. The molecule has 0 bridgehead atoms. The third-order valence-corrected chi connectivity index (χ3v) is 3.89. The predicted octanol–water partition coefficient (Wildman–Crippen LogP) is 2.51. The Labute approximate surface area is 168 Å². The van der Waals surface area contributed by atoms with Crippen LogP contribution in [0.3, 0.4) is 0 Å². The van der Waals surface area contributed by atoms with E-state index in [1.807, 2.05) is 20.8 Å². The average molecular weight is 403 g/mol. The first-order valence-electron chi connectivity index (χ1n) is 9.15. The summed E-state index contributed by atoms with van der Waals surface area (Å²) in [7, 11) is 0. The molecule has 29 heavy (non-hydrogen) atoms. The topological polar surface area (TPSA) is 120 Å². The highest BCUT2D eigenvalue weighted by Gasteiger charge is 2.14. The van der Waals surface area contributed by atoms with Crippen molar-refractivity contribution in [1.29, 1.82) is 0 Å². The van der Waals surface area contributed by atoms with Gasteiger partial charge in [-0.1, -0.05) is 25.1 Å². The number of urea groups is 1. The number of rotatable bonds is 8. The summed E-state index contributed by atoms with van der Waals surface area (Å²) in [6.45, 7) is 7.56. The molecule has 2 rings (SSSR count). The Morgan fingerprint density at radius 1 is 1.21 bits per heavy atom. The second-order valence-electron chi connectivity index (χ2n) is 6.85. The van der Waals surface area contributed by atoms with E-state index in [0.29, 0.717) is 18.1 Å². The van der Waals surface area contributed by atoms with Crippen LogP contribution < -0.4 is 15.4 Å². The highest BCUT2D eigenvalue weighted by Crippen LogP contribution is 2.19. The van der Waals surface area contributed by atoms with Crippen LogP contribution in [0.4, 0.5) is 4.79 Å². The minimum absolute atomic E-state index is 0.221. The lowest BCUT2D eigenvalue weighted by molar-refractivity contribution is -0.123. The van der Waals surface area contributed by atoms with Gasteiger partial charge in [0.25, 0.3) is 5.91 Å². The number of amides is 3. The number of ether oxygens (including phenoxy) is 2. The molecule has 0 aliphatic rings. The lowest BCUT2D eigenvalue weighted by Gasteiger charge is -2.10. The third kappa shape index (κ3) is 6.95. The molecule has 1 heterocycles. The maximum Gasteiger partial charge on any atom is 0.338 e. The summed E-state index contributed by atoms with van der Waals surface area (Å²) in [5, 5.41) is 8.49. The van der Waals surface area contributed by atoms with Gasteiger partial charge in [0, 0.05) is 6.54 Å². The highest BCUT2D eigenvalue weighted by molar-refractivity contribution is 5.97. The maximum absolute atomic E-state index is 12.2. The van der Waals surface area contributed by atoms with Crippen LogP contribution in [-0.2, 0) is 16.1 Å². The molecule has 0 aliphatic heterocycles. The van der Waals surface area contributed by atoms with E-state index < -0.39 is 24.5 Å². The molecule has 9 heteroatoms. The van der Waals surface area contributed by atoms with Crippen LogP contribution in [0, 0.1) is 19.8 Å². The van der Waals surface area contributed by atoms with Gasteiger partial charge in [-0.2, -0.15) is 0 Å². The van der Waals surface area contributed by atoms with Crippen molar-refractivity contribution in [3.63, 3.8) is 0 Å².